The van der Waals surface area contributed by atoms with Crippen molar-refractivity contribution >= 4 is 0 Å². The van der Waals surface area contributed by atoms with Crippen LogP contribution in [0, 0.1) is 0 Å². The molecular formula is C18H26N2O. The fourth-order valence-corrected chi connectivity index (χ4v) is 4.75. The molecule has 0 aromatic heterocycles. The smallest absolute Gasteiger partial charge is 0.115 e. The third-order valence-electron chi connectivity index (χ3n) is 5.80. The van der Waals surface area contributed by atoms with Gasteiger partial charge in [0.1, 0.15) is 5.75 Å². The molecule has 21 heavy (non-hydrogen) atoms. The number of aromatic hydroxyl groups is 1. The average Bonchev–Trinajstić information content (AvgIpc) is 2.93. The number of rotatable bonds is 1. The Bertz CT molecular complexity index is 530. The minimum absolute atomic E-state index is 0.424. The van der Waals surface area contributed by atoms with E-state index in [4.69, 9.17) is 0 Å². The predicted octanol–water partition coefficient (Wildman–Crippen LogP) is 2.94. The highest BCUT2D eigenvalue weighted by Gasteiger charge is 2.38. The fraction of sp³-hybridized carbons (Fsp3) is 0.667. The van der Waals surface area contributed by atoms with E-state index in [1.54, 1.807) is 0 Å². The Balaban J connectivity index is 1.63. The first-order valence-electron chi connectivity index (χ1n) is 8.54. The van der Waals surface area contributed by atoms with E-state index in [1.807, 2.05) is 12.1 Å². The molecule has 0 bridgehead atoms. The van der Waals surface area contributed by atoms with Crippen molar-refractivity contribution in [3.8, 4) is 5.75 Å². The number of nitrogens with zero attached hydrogens (tertiary/aromatic N) is 2. The van der Waals surface area contributed by atoms with Crippen molar-refractivity contribution in [2.24, 2.45) is 0 Å². The maximum absolute atomic E-state index is 9.89. The third-order valence-corrected chi connectivity index (χ3v) is 5.80. The van der Waals surface area contributed by atoms with Crippen molar-refractivity contribution in [3.05, 3.63) is 29.3 Å². The normalized spacial score (nSPS) is 33.7. The zero-order valence-corrected chi connectivity index (χ0v) is 13.0. The van der Waals surface area contributed by atoms with Crippen molar-refractivity contribution in [2.45, 2.75) is 57.2 Å². The zero-order chi connectivity index (χ0) is 14.4. The quantitative estimate of drug-likeness (QED) is 0.860. The summed E-state index contributed by atoms with van der Waals surface area (Å²) in [4.78, 5) is 5.41. The minimum atomic E-state index is 0.424. The van der Waals surface area contributed by atoms with E-state index in [9.17, 15) is 5.11 Å². The van der Waals surface area contributed by atoms with Gasteiger partial charge < -0.3 is 5.11 Å². The summed E-state index contributed by atoms with van der Waals surface area (Å²) in [5.74, 6) is 0.424. The number of fused-ring (bicyclic) bond motifs is 2. The van der Waals surface area contributed by atoms with E-state index in [0.29, 0.717) is 17.8 Å². The first-order valence-corrected chi connectivity index (χ1v) is 8.54. The number of hydrogen-bond donors (Lipinski definition) is 1. The van der Waals surface area contributed by atoms with Crippen molar-refractivity contribution in [2.75, 3.05) is 19.6 Å². The van der Waals surface area contributed by atoms with Crippen LogP contribution in [0.15, 0.2) is 18.2 Å². The van der Waals surface area contributed by atoms with Gasteiger partial charge in [0.2, 0.25) is 0 Å². The lowest BCUT2D eigenvalue weighted by atomic mass is 9.85. The van der Waals surface area contributed by atoms with Crippen LogP contribution in [0.5, 0.6) is 5.75 Å². The van der Waals surface area contributed by atoms with Crippen molar-refractivity contribution < 1.29 is 5.11 Å². The van der Waals surface area contributed by atoms with Crippen LogP contribution >= 0.6 is 0 Å². The van der Waals surface area contributed by atoms with Crippen LogP contribution in [-0.2, 0) is 6.42 Å². The molecule has 3 heteroatoms. The second-order valence-electron chi connectivity index (χ2n) is 7.13. The summed E-state index contributed by atoms with van der Waals surface area (Å²) in [5.41, 5.74) is 2.84. The monoisotopic (exact) mass is 286 g/mol. The summed E-state index contributed by atoms with van der Waals surface area (Å²) in [6, 6.07) is 7.90. The minimum Gasteiger partial charge on any atom is -0.508 e. The molecule has 0 radical (unpaired) electrons. The van der Waals surface area contributed by atoms with Gasteiger partial charge in [-0.3, -0.25) is 9.80 Å². The lowest BCUT2D eigenvalue weighted by Crippen LogP contribution is -2.56. The molecule has 2 saturated heterocycles. The first-order chi connectivity index (χ1) is 10.2. The summed E-state index contributed by atoms with van der Waals surface area (Å²) in [5, 5.41) is 9.89. The second kappa shape index (κ2) is 5.29. The molecular weight excluding hydrogens is 260 g/mol. The fourth-order valence-electron chi connectivity index (χ4n) is 4.75. The highest BCUT2D eigenvalue weighted by molar-refractivity contribution is 5.38. The molecule has 0 spiro atoms. The lowest BCUT2D eigenvalue weighted by Gasteiger charge is -2.47. The molecule has 0 amide bonds. The third kappa shape index (κ3) is 2.36. The van der Waals surface area contributed by atoms with Crippen LogP contribution < -0.4 is 0 Å². The molecule has 1 N–H and O–H groups in total. The topological polar surface area (TPSA) is 26.7 Å². The number of hydrogen-bond acceptors (Lipinski definition) is 3. The standard InChI is InChI=1S/C18H26N2O/c1-13-11-19-9-3-5-15(19)12-20(13)18-6-2-4-14-7-8-16(21)10-17(14)18/h7-8,10,13,15,18,21H,2-6,9,11-12H2,1H3. The Morgan fingerprint density at radius 1 is 1.14 bits per heavy atom. The van der Waals surface area contributed by atoms with Gasteiger partial charge in [0.05, 0.1) is 0 Å². The maximum atomic E-state index is 9.89. The summed E-state index contributed by atoms with van der Waals surface area (Å²) in [6.45, 7) is 6.10. The second-order valence-corrected chi connectivity index (χ2v) is 7.13. The molecule has 3 unspecified atom stereocenters. The molecule has 3 atom stereocenters. The molecule has 1 aliphatic carbocycles. The molecule has 114 valence electrons. The number of benzene rings is 1. The van der Waals surface area contributed by atoms with Gasteiger partial charge in [0.15, 0.2) is 0 Å². The van der Waals surface area contributed by atoms with Crippen LogP contribution in [-0.4, -0.2) is 46.6 Å². The average molecular weight is 286 g/mol. The number of piperazine rings is 1. The summed E-state index contributed by atoms with van der Waals surface area (Å²) in [7, 11) is 0. The Labute approximate surface area is 127 Å². The van der Waals surface area contributed by atoms with Crippen LogP contribution in [0.1, 0.15) is 49.8 Å². The Morgan fingerprint density at radius 3 is 2.95 bits per heavy atom. The Hall–Kier alpha value is -1.06. The van der Waals surface area contributed by atoms with Gasteiger partial charge in [-0.25, -0.2) is 0 Å². The van der Waals surface area contributed by atoms with E-state index in [2.05, 4.69) is 22.8 Å². The van der Waals surface area contributed by atoms with Gasteiger partial charge in [-0.05, 0) is 68.8 Å². The molecule has 4 rings (SSSR count). The van der Waals surface area contributed by atoms with E-state index in [0.717, 1.165) is 6.04 Å². The molecule has 1 aromatic carbocycles. The Kier molecular flexibility index (Phi) is 3.43. The SMILES string of the molecule is CC1CN2CCCC2CN1C1CCCc2ccc(O)cc21. The van der Waals surface area contributed by atoms with Crippen molar-refractivity contribution in [1.29, 1.82) is 0 Å². The van der Waals surface area contributed by atoms with Gasteiger partial charge in [-0.1, -0.05) is 6.07 Å². The molecule has 2 fully saturated rings. The van der Waals surface area contributed by atoms with Gasteiger partial charge >= 0.3 is 0 Å². The van der Waals surface area contributed by atoms with Gasteiger partial charge in [0.25, 0.3) is 0 Å². The number of phenols is 1. The molecule has 0 saturated carbocycles. The maximum Gasteiger partial charge on any atom is 0.115 e. The molecule has 3 nitrogen and oxygen atoms in total. The largest absolute Gasteiger partial charge is 0.508 e. The van der Waals surface area contributed by atoms with Gasteiger partial charge in [0, 0.05) is 31.2 Å². The number of phenolic OH excluding ortho intramolecular Hbond substituents is 1. The molecule has 2 aliphatic heterocycles. The van der Waals surface area contributed by atoms with E-state index >= 15 is 0 Å². The van der Waals surface area contributed by atoms with Gasteiger partial charge in [-0.15, -0.1) is 0 Å². The lowest BCUT2D eigenvalue weighted by molar-refractivity contribution is 0.0216. The Morgan fingerprint density at radius 2 is 2.05 bits per heavy atom. The van der Waals surface area contributed by atoms with Crippen molar-refractivity contribution in [1.82, 2.24) is 9.80 Å². The van der Waals surface area contributed by atoms with Crippen LogP contribution in [0.2, 0.25) is 0 Å². The van der Waals surface area contributed by atoms with E-state index < -0.39 is 0 Å². The highest BCUT2D eigenvalue weighted by atomic mass is 16.3. The first kappa shape index (κ1) is 13.6. The van der Waals surface area contributed by atoms with Gasteiger partial charge in [-0.2, -0.15) is 0 Å². The van der Waals surface area contributed by atoms with Crippen molar-refractivity contribution in [3.63, 3.8) is 0 Å². The van der Waals surface area contributed by atoms with E-state index in [1.165, 1.54) is 62.9 Å². The molecule has 2 heterocycles. The van der Waals surface area contributed by atoms with E-state index in [-0.39, 0.29) is 0 Å². The van der Waals surface area contributed by atoms with Crippen LogP contribution in [0.25, 0.3) is 0 Å². The highest BCUT2D eigenvalue weighted by Crippen LogP contribution is 2.39. The predicted molar refractivity (Wildman–Crippen MR) is 84.5 cm³/mol. The summed E-state index contributed by atoms with van der Waals surface area (Å²) < 4.78 is 0. The van der Waals surface area contributed by atoms with Crippen LogP contribution in [0.3, 0.4) is 0 Å². The zero-order valence-electron chi connectivity index (χ0n) is 13.0. The summed E-state index contributed by atoms with van der Waals surface area (Å²) >= 11 is 0. The molecule has 1 aromatic rings. The van der Waals surface area contributed by atoms with Crippen LogP contribution in [0.4, 0.5) is 0 Å². The summed E-state index contributed by atoms with van der Waals surface area (Å²) in [6.07, 6.45) is 6.42. The molecule has 3 aliphatic rings. The number of aryl methyl sites for hydroxylation is 1.